The molecule has 2 amide bonds. The van der Waals surface area contributed by atoms with Gasteiger partial charge in [-0.25, -0.2) is 5.43 Å². The number of nitrogens with one attached hydrogen (secondary N) is 2. The summed E-state index contributed by atoms with van der Waals surface area (Å²) in [6, 6.07) is 21.8. The predicted octanol–water partition coefficient (Wildman–Crippen LogP) is 5.44. The molecule has 3 aromatic rings. The van der Waals surface area contributed by atoms with Crippen LogP contribution in [0.1, 0.15) is 24.5 Å². The van der Waals surface area contributed by atoms with E-state index < -0.39 is 17.6 Å². The topological polar surface area (TPSA) is 70.6 Å². The van der Waals surface area contributed by atoms with Crippen LogP contribution in [-0.4, -0.2) is 17.5 Å². The van der Waals surface area contributed by atoms with Gasteiger partial charge in [-0.1, -0.05) is 60.7 Å². The third-order valence-corrected chi connectivity index (χ3v) is 4.69. The number of hydrogen-bond acceptors (Lipinski definition) is 3. The van der Waals surface area contributed by atoms with Gasteiger partial charge in [0.15, 0.2) is 0 Å². The minimum absolute atomic E-state index is 0.0330. The van der Waals surface area contributed by atoms with Gasteiger partial charge in [-0.15, -0.1) is 0 Å². The number of carbonyl (C=O) groups is 2. The van der Waals surface area contributed by atoms with Crippen LogP contribution in [0, 0.1) is 0 Å². The smallest absolute Gasteiger partial charge is 0.326 e. The molecule has 0 spiro atoms. The van der Waals surface area contributed by atoms with Crippen molar-refractivity contribution >= 4 is 23.2 Å². The molecule has 33 heavy (non-hydrogen) atoms. The van der Waals surface area contributed by atoms with Crippen LogP contribution in [-0.2, 0) is 22.2 Å². The van der Waals surface area contributed by atoms with Crippen LogP contribution in [0.4, 0.5) is 18.9 Å². The largest absolute Gasteiger partial charge is 0.416 e. The first-order chi connectivity index (χ1) is 15.7. The van der Waals surface area contributed by atoms with Crippen LogP contribution in [0.2, 0.25) is 0 Å². The number of rotatable bonds is 7. The number of amides is 2. The van der Waals surface area contributed by atoms with Gasteiger partial charge in [0.2, 0.25) is 11.8 Å². The maximum Gasteiger partial charge on any atom is 0.416 e. The van der Waals surface area contributed by atoms with E-state index >= 15 is 0 Å². The first-order valence-electron chi connectivity index (χ1n) is 10.1. The fraction of sp³-hybridized carbons (Fsp3) is 0.160. The van der Waals surface area contributed by atoms with Crippen molar-refractivity contribution < 1.29 is 22.8 Å². The molecule has 2 N–H and O–H groups in total. The van der Waals surface area contributed by atoms with Crippen LogP contribution in [0.25, 0.3) is 11.1 Å². The van der Waals surface area contributed by atoms with Crippen molar-refractivity contribution in [2.45, 2.75) is 25.9 Å². The van der Waals surface area contributed by atoms with E-state index in [1.54, 1.807) is 6.92 Å². The molecular weight excluding hydrogens is 431 g/mol. The van der Waals surface area contributed by atoms with Crippen LogP contribution in [0.3, 0.4) is 0 Å². The standard InChI is InChI=1S/C25H22F3N3O2/c1-17(14-23(32)29-22-9-5-8-21(16-22)25(26,27)28)30-31-24(33)15-18-10-12-20(13-11-18)19-6-3-2-4-7-19/h2-13,16H,14-15H2,1H3,(H,29,32)(H,31,33). The summed E-state index contributed by atoms with van der Waals surface area (Å²) >= 11 is 0. The minimum Gasteiger partial charge on any atom is -0.326 e. The lowest BCUT2D eigenvalue weighted by molar-refractivity contribution is -0.137. The molecule has 0 aliphatic heterocycles. The molecule has 0 aliphatic rings. The van der Waals surface area contributed by atoms with E-state index in [0.717, 1.165) is 28.8 Å². The van der Waals surface area contributed by atoms with Crippen molar-refractivity contribution in [3.8, 4) is 11.1 Å². The van der Waals surface area contributed by atoms with Crippen molar-refractivity contribution in [3.05, 3.63) is 90.0 Å². The maximum atomic E-state index is 12.8. The summed E-state index contributed by atoms with van der Waals surface area (Å²) in [5, 5.41) is 6.30. The number of anilines is 1. The van der Waals surface area contributed by atoms with Crippen molar-refractivity contribution in [1.29, 1.82) is 0 Å². The van der Waals surface area contributed by atoms with Gasteiger partial charge in [0.25, 0.3) is 0 Å². The second kappa shape index (κ2) is 10.6. The maximum absolute atomic E-state index is 12.8. The Morgan fingerprint density at radius 2 is 1.52 bits per heavy atom. The molecule has 0 radical (unpaired) electrons. The quantitative estimate of drug-likeness (QED) is 0.370. The molecule has 0 aliphatic carbocycles. The third-order valence-electron chi connectivity index (χ3n) is 4.69. The van der Waals surface area contributed by atoms with Gasteiger partial charge in [0.1, 0.15) is 0 Å². The molecule has 3 aromatic carbocycles. The van der Waals surface area contributed by atoms with Crippen molar-refractivity contribution in [2.75, 3.05) is 5.32 Å². The molecule has 0 saturated heterocycles. The predicted molar refractivity (Wildman–Crippen MR) is 122 cm³/mol. The number of benzene rings is 3. The molecule has 170 valence electrons. The lowest BCUT2D eigenvalue weighted by Crippen LogP contribution is -2.23. The molecule has 0 saturated carbocycles. The fourth-order valence-electron chi connectivity index (χ4n) is 3.08. The van der Waals surface area contributed by atoms with E-state index in [0.29, 0.717) is 5.71 Å². The van der Waals surface area contributed by atoms with Crippen LogP contribution >= 0.6 is 0 Å². The Hall–Kier alpha value is -3.94. The average Bonchev–Trinajstić information content (AvgIpc) is 2.78. The highest BCUT2D eigenvalue weighted by atomic mass is 19.4. The first kappa shape index (κ1) is 23.7. The van der Waals surface area contributed by atoms with Gasteiger partial charge in [-0.3, -0.25) is 9.59 Å². The van der Waals surface area contributed by atoms with Gasteiger partial charge in [0, 0.05) is 11.4 Å². The highest BCUT2D eigenvalue weighted by molar-refractivity contribution is 6.05. The fourth-order valence-corrected chi connectivity index (χ4v) is 3.08. The van der Waals surface area contributed by atoms with E-state index in [4.69, 9.17) is 0 Å². The number of carbonyl (C=O) groups excluding carboxylic acids is 2. The average molecular weight is 453 g/mol. The Morgan fingerprint density at radius 3 is 2.18 bits per heavy atom. The highest BCUT2D eigenvalue weighted by Crippen LogP contribution is 2.30. The molecule has 0 bridgehead atoms. The summed E-state index contributed by atoms with van der Waals surface area (Å²) in [5.74, 6) is -0.888. The van der Waals surface area contributed by atoms with E-state index in [2.05, 4.69) is 15.8 Å². The van der Waals surface area contributed by atoms with Crippen molar-refractivity contribution in [2.24, 2.45) is 5.10 Å². The third kappa shape index (κ3) is 7.31. The summed E-state index contributed by atoms with van der Waals surface area (Å²) in [5.41, 5.74) is 4.82. The van der Waals surface area contributed by atoms with Gasteiger partial charge >= 0.3 is 6.18 Å². The van der Waals surface area contributed by atoms with Crippen molar-refractivity contribution in [3.63, 3.8) is 0 Å². The lowest BCUT2D eigenvalue weighted by Gasteiger charge is -2.10. The molecule has 5 nitrogen and oxygen atoms in total. The number of alkyl halides is 3. The Morgan fingerprint density at radius 1 is 0.848 bits per heavy atom. The van der Waals surface area contributed by atoms with Gasteiger partial charge in [0.05, 0.1) is 18.4 Å². The zero-order valence-corrected chi connectivity index (χ0v) is 17.8. The molecule has 8 heteroatoms. The van der Waals surface area contributed by atoms with Crippen LogP contribution in [0.15, 0.2) is 84.0 Å². The molecular formula is C25H22F3N3O2. The summed E-state index contributed by atoms with van der Waals surface area (Å²) < 4.78 is 38.3. The monoisotopic (exact) mass is 453 g/mol. The molecule has 3 rings (SSSR count). The highest BCUT2D eigenvalue weighted by Gasteiger charge is 2.30. The first-order valence-corrected chi connectivity index (χ1v) is 10.1. The van der Waals surface area contributed by atoms with Gasteiger partial charge in [-0.2, -0.15) is 18.3 Å². The second-order valence-corrected chi connectivity index (χ2v) is 7.43. The normalized spacial score (nSPS) is 11.7. The Kier molecular flexibility index (Phi) is 7.61. The Balaban J connectivity index is 1.49. The van der Waals surface area contributed by atoms with E-state index in [-0.39, 0.29) is 24.4 Å². The number of nitrogens with zero attached hydrogens (tertiary/aromatic N) is 1. The number of halogens is 3. The zero-order chi connectivity index (χ0) is 23.8. The van der Waals surface area contributed by atoms with E-state index in [1.807, 2.05) is 54.6 Å². The summed E-state index contributed by atoms with van der Waals surface area (Å²) in [4.78, 5) is 24.2. The minimum atomic E-state index is -4.50. The SMILES string of the molecule is CC(CC(=O)Nc1cccc(C(F)(F)F)c1)=NNC(=O)Cc1ccc(-c2ccccc2)cc1. The van der Waals surface area contributed by atoms with E-state index in [1.165, 1.54) is 12.1 Å². The zero-order valence-electron chi connectivity index (χ0n) is 17.8. The van der Waals surface area contributed by atoms with Gasteiger partial charge in [-0.05, 0) is 41.8 Å². The molecule has 0 fully saturated rings. The second-order valence-electron chi connectivity index (χ2n) is 7.43. The summed E-state index contributed by atoms with van der Waals surface area (Å²) in [6.45, 7) is 1.54. The number of hydrogen-bond donors (Lipinski definition) is 2. The molecule has 0 atom stereocenters. The number of hydrazone groups is 1. The Bertz CT molecular complexity index is 1140. The van der Waals surface area contributed by atoms with Crippen LogP contribution in [0.5, 0.6) is 0 Å². The van der Waals surface area contributed by atoms with E-state index in [9.17, 15) is 22.8 Å². The molecule has 0 heterocycles. The van der Waals surface area contributed by atoms with Crippen molar-refractivity contribution in [1.82, 2.24) is 5.43 Å². The Labute approximate surface area is 189 Å². The van der Waals surface area contributed by atoms with Crippen LogP contribution < -0.4 is 10.7 Å². The van der Waals surface area contributed by atoms with Gasteiger partial charge < -0.3 is 5.32 Å². The summed E-state index contributed by atoms with van der Waals surface area (Å²) in [6.07, 6.45) is -4.56. The lowest BCUT2D eigenvalue weighted by atomic mass is 10.0. The molecule has 0 unspecified atom stereocenters. The summed E-state index contributed by atoms with van der Waals surface area (Å²) in [7, 11) is 0. The molecule has 0 aromatic heterocycles.